The minimum absolute atomic E-state index is 0. The first-order chi connectivity index (χ1) is 10.2. The molecule has 1 aromatic heterocycles. The Hall–Kier alpha value is -1.64. The van der Waals surface area contributed by atoms with Crippen LogP contribution in [0.15, 0.2) is 35.5 Å². The zero-order chi connectivity index (χ0) is 15.1. The number of aliphatic imine (C=N–C) groups is 1. The van der Waals surface area contributed by atoms with Gasteiger partial charge in [-0.2, -0.15) is 5.10 Å². The number of halogens is 2. The molecule has 22 heavy (non-hydrogen) atoms. The van der Waals surface area contributed by atoms with Crippen LogP contribution in [0, 0.1) is 12.7 Å². The lowest BCUT2D eigenvalue weighted by atomic mass is 10.1. The third kappa shape index (κ3) is 5.63. The van der Waals surface area contributed by atoms with Crippen molar-refractivity contribution in [2.75, 3.05) is 6.54 Å². The second-order valence-electron chi connectivity index (χ2n) is 4.71. The number of guanidine groups is 1. The molecule has 120 valence electrons. The molecule has 2 rings (SSSR count). The van der Waals surface area contributed by atoms with E-state index in [1.165, 1.54) is 6.07 Å². The van der Waals surface area contributed by atoms with E-state index in [0.717, 1.165) is 17.8 Å². The maximum atomic E-state index is 13.5. The summed E-state index contributed by atoms with van der Waals surface area (Å²) < 4.78 is 13.5. The second-order valence-corrected chi connectivity index (χ2v) is 4.71. The highest BCUT2D eigenvalue weighted by molar-refractivity contribution is 14.0. The maximum Gasteiger partial charge on any atom is 0.191 e. The zero-order valence-electron chi connectivity index (χ0n) is 12.7. The third-order valence-corrected chi connectivity index (χ3v) is 3.00. The van der Waals surface area contributed by atoms with E-state index in [-0.39, 0.29) is 29.8 Å². The number of nitrogens with one attached hydrogen (secondary N) is 3. The fourth-order valence-electron chi connectivity index (χ4n) is 1.81. The number of aryl methyl sites for hydroxylation is 1. The van der Waals surface area contributed by atoms with E-state index in [0.29, 0.717) is 24.6 Å². The molecule has 0 unspecified atom stereocenters. The highest BCUT2D eigenvalue weighted by atomic mass is 127. The average molecular weight is 417 g/mol. The number of hydrogen-bond acceptors (Lipinski definition) is 2. The number of nitrogens with zero attached hydrogens (tertiary/aromatic N) is 2. The molecule has 0 amide bonds. The summed E-state index contributed by atoms with van der Waals surface area (Å²) in [5.74, 6) is 0.492. The van der Waals surface area contributed by atoms with Gasteiger partial charge < -0.3 is 10.6 Å². The molecular weight excluding hydrogens is 396 g/mol. The Labute approximate surface area is 146 Å². The number of hydrogen-bond donors (Lipinski definition) is 3. The first-order valence-electron chi connectivity index (χ1n) is 6.94. The first kappa shape index (κ1) is 18.4. The van der Waals surface area contributed by atoms with Crippen molar-refractivity contribution in [2.24, 2.45) is 4.99 Å². The Bertz CT molecular complexity index is 598. The predicted molar refractivity (Wildman–Crippen MR) is 96.8 cm³/mol. The monoisotopic (exact) mass is 417 g/mol. The zero-order valence-corrected chi connectivity index (χ0v) is 15.0. The highest BCUT2D eigenvalue weighted by Crippen LogP contribution is 2.09. The Morgan fingerprint density at radius 2 is 2.14 bits per heavy atom. The molecule has 0 saturated carbocycles. The number of rotatable bonds is 5. The van der Waals surface area contributed by atoms with E-state index in [9.17, 15) is 4.39 Å². The number of H-pyrrole nitrogens is 1. The lowest BCUT2D eigenvalue weighted by Crippen LogP contribution is -2.36. The lowest BCUT2D eigenvalue weighted by molar-refractivity contribution is 0.616. The van der Waals surface area contributed by atoms with Crippen LogP contribution in [-0.2, 0) is 13.1 Å². The van der Waals surface area contributed by atoms with Crippen molar-refractivity contribution in [1.82, 2.24) is 20.8 Å². The van der Waals surface area contributed by atoms with Crippen LogP contribution in [0.5, 0.6) is 0 Å². The largest absolute Gasteiger partial charge is 0.357 e. The summed E-state index contributed by atoms with van der Waals surface area (Å²) in [5, 5.41) is 13.1. The van der Waals surface area contributed by atoms with Gasteiger partial charge in [0.2, 0.25) is 0 Å². The predicted octanol–water partition coefficient (Wildman–Crippen LogP) is 2.73. The minimum Gasteiger partial charge on any atom is -0.357 e. The van der Waals surface area contributed by atoms with Gasteiger partial charge in [0.25, 0.3) is 0 Å². The summed E-state index contributed by atoms with van der Waals surface area (Å²) in [6.07, 6.45) is 1.70. The Balaban J connectivity index is 0.00000242. The summed E-state index contributed by atoms with van der Waals surface area (Å²) in [7, 11) is 0. The highest BCUT2D eigenvalue weighted by Gasteiger charge is 2.01. The van der Waals surface area contributed by atoms with Crippen LogP contribution >= 0.6 is 24.0 Å². The van der Waals surface area contributed by atoms with Gasteiger partial charge >= 0.3 is 0 Å². The molecule has 0 bridgehead atoms. The standard InChI is InChI=1S/C15H20FN5.HI/c1-3-17-15(19-10-13-6-7-20-21-13)18-9-12-5-4-11(2)14(16)8-12;/h4-8H,3,9-10H2,1-2H3,(H,20,21)(H2,17,18,19);1H. The molecule has 2 aromatic rings. The van der Waals surface area contributed by atoms with Gasteiger partial charge in [0.1, 0.15) is 5.82 Å². The molecule has 0 radical (unpaired) electrons. The number of benzene rings is 1. The van der Waals surface area contributed by atoms with E-state index in [1.807, 2.05) is 19.1 Å². The van der Waals surface area contributed by atoms with Crippen LogP contribution in [0.4, 0.5) is 4.39 Å². The molecule has 0 atom stereocenters. The van der Waals surface area contributed by atoms with Crippen LogP contribution in [0.2, 0.25) is 0 Å². The average Bonchev–Trinajstić information content (AvgIpc) is 2.99. The van der Waals surface area contributed by atoms with E-state index < -0.39 is 0 Å². The molecule has 0 aliphatic rings. The fraction of sp³-hybridized carbons (Fsp3) is 0.333. The summed E-state index contributed by atoms with van der Waals surface area (Å²) in [6.45, 7) is 5.54. The van der Waals surface area contributed by atoms with Crippen molar-refractivity contribution >= 4 is 29.9 Å². The third-order valence-electron chi connectivity index (χ3n) is 3.00. The molecule has 3 N–H and O–H groups in total. The van der Waals surface area contributed by atoms with E-state index in [2.05, 4.69) is 25.8 Å². The molecular formula is C15H21FIN5. The SMILES string of the molecule is CCNC(=NCc1ccc(C)c(F)c1)NCc1ccn[nH]1.I. The van der Waals surface area contributed by atoms with Crippen LogP contribution in [0.1, 0.15) is 23.7 Å². The number of aromatic amines is 1. The molecule has 7 heteroatoms. The molecule has 5 nitrogen and oxygen atoms in total. The van der Waals surface area contributed by atoms with E-state index in [4.69, 9.17) is 0 Å². The second kappa shape index (κ2) is 9.39. The van der Waals surface area contributed by atoms with Gasteiger partial charge in [0.05, 0.1) is 18.8 Å². The van der Waals surface area contributed by atoms with Gasteiger partial charge in [0.15, 0.2) is 5.96 Å². The molecule has 0 saturated heterocycles. The van der Waals surface area contributed by atoms with Gasteiger partial charge in [-0.25, -0.2) is 9.38 Å². The molecule has 1 aromatic carbocycles. The van der Waals surface area contributed by atoms with Crippen molar-refractivity contribution in [2.45, 2.75) is 26.9 Å². The minimum atomic E-state index is -0.196. The molecule has 0 aliphatic carbocycles. The topological polar surface area (TPSA) is 65.1 Å². The Kier molecular flexibility index (Phi) is 7.86. The smallest absolute Gasteiger partial charge is 0.191 e. The molecule has 0 aliphatic heterocycles. The van der Waals surface area contributed by atoms with Crippen LogP contribution in [0.3, 0.4) is 0 Å². The van der Waals surface area contributed by atoms with Gasteiger partial charge in [-0.3, -0.25) is 5.10 Å². The molecule has 0 spiro atoms. The Morgan fingerprint density at radius 3 is 2.77 bits per heavy atom. The van der Waals surface area contributed by atoms with Gasteiger partial charge in [0, 0.05) is 12.7 Å². The van der Waals surface area contributed by atoms with Crippen LogP contribution < -0.4 is 10.6 Å². The fourth-order valence-corrected chi connectivity index (χ4v) is 1.81. The van der Waals surface area contributed by atoms with Crippen molar-refractivity contribution < 1.29 is 4.39 Å². The lowest BCUT2D eigenvalue weighted by Gasteiger charge is -2.10. The normalized spacial score (nSPS) is 11.0. The van der Waals surface area contributed by atoms with Gasteiger partial charge in [-0.1, -0.05) is 12.1 Å². The van der Waals surface area contributed by atoms with Crippen molar-refractivity contribution in [3.63, 3.8) is 0 Å². The van der Waals surface area contributed by atoms with Crippen LogP contribution in [-0.4, -0.2) is 22.7 Å². The summed E-state index contributed by atoms with van der Waals surface area (Å²) in [5.41, 5.74) is 2.46. The molecule has 0 fully saturated rings. The first-order valence-corrected chi connectivity index (χ1v) is 6.94. The summed E-state index contributed by atoms with van der Waals surface area (Å²) in [4.78, 5) is 4.45. The summed E-state index contributed by atoms with van der Waals surface area (Å²) in [6, 6.07) is 7.08. The molecule has 1 heterocycles. The van der Waals surface area contributed by atoms with E-state index in [1.54, 1.807) is 19.2 Å². The van der Waals surface area contributed by atoms with E-state index >= 15 is 0 Å². The maximum absolute atomic E-state index is 13.5. The van der Waals surface area contributed by atoms with Crippen molar-refractivity contribution in [3.8, 4) is 0 Å². The van der Waals surface area contributed by atoms with Crippen LogP contribution in [0.25, 0.3) is 0 Å². The Morgan fingerprint density at radius 1 is 1.32 bits per heavy atom. The van der Waals surface area contributed by atoms with Gasteiger partial charge in [-0.05, 0) is 37.1 Å². The number of aromatic nitrogens is 2. The quantitative estimate of drug-likeness (QED) is 0.398. The summed E-state index contributed by atoms with van der Waals surface area (Å²) >= 11 is 0. The van der Waals surface area contributed by atoms with Crippen molar-refractivity contribution in [3.05, 3.63) is 53.1 Å². The van der Waals surface area contributed by atoms with Gasteiger partial charge in [-0.15, -0.1) is 24.0 Å². The van der Waals surface area contributed by atoms with Crippen molar-refractivity contribution in [1.29, 1.82) is 0 Å².